The first kappa shape index (κ1) is 16.7. The lowest BCUT2D eigenvalue weighted by molar-refractivity contribution is 0.0730. The third-order valence-corrected chi connectivity index (χ3v) is 4.26. The third-order valence-electron chi connectivity index (χ3n) is 2.44. The van der Waals surface area contributed by atoms with Crippen LogP contribution in [0.3, 0.4) is 0 Å². The first-order valence-corrected chi connectivity index (χ1v) is 7.21. The molecule has 21 heavy (non-hydrogen) atoms. The number of carbonyl (C=O) groups is 1. The minimum absolute atomic E-state index is 0.0305. The molecule has 2 aromatic carbocycles. The zero-order valence-corrected chi connectivity index (χ0v) is 13.7. The highest BCUT2D eigenvalue weighted by Crippen LogP contribution is 2.42. The SMILES string of the molecule is O=C(Oc1c(Cl)cc(Cl)c(Cl)c1Cl)c1cccc(Cl)c1F. The predicted octanol–water partition coefficient (Wildman–Crippen LogP) is 6.31. The molecule has 0 aliphatic carbocycles. The molecular weight excluding hydrogens is 384 g/mol. The van der Waals surface area contributed by atoms with E-state index in [2.05, 4.69) is 0 Å². The van der Waals surface area contributed by atoms with Crippen LogP contribution in [0.4, 0.5) is 4.39 Å². The topological polar surface area (TPSA) is 26.3 Å². The van der Waals surface area contributed by atoms with Crippen molar-refractivity contribution in [3.63, 3.8) is 0 Å². The van der Waals surface area contributed by atoms with Crippen molar-refractivity contribution in [3.8, 4) is 5.75 Å². The van der Waals surface area contributed by atoms with Gasteiger partial charge in [0.15, 0.2) is 11.6 Å². The molecule has 0 aromatic heterocycles. The zero-order chi connectivity index (χ0) is 15.7. The molecule has 0 spiro atoms. The number of benzene rings is 2. The third kappa shape index (κ3) is 3.38. The Morgan fingerprint density at radius 1 is 0.952 bits per heavy atom. The lowest BCUT2D eigenvalue weighted by atomic mass is 10.2. The van der Waals surface area contributed by atoms with Crippen molar-refractivity contribution < 1.29 is 13.9 Å². The van der Waals surface area contributed by atoms with Gasteiger partial charge in [0, 0.05) is 0 Å². The summed E-state index contributed by atoms with van der Waals surface area (Å²) in [6.07, 6.45) is 0. The molecule has 0 amide bonds. The van der Waals surface area contributed by atoms with Gasteiger partial charge in [-0.25, -0.2) is 9.18 Å². The van der Waals surface area contributed by atoms with Crippen LogP contribution in [0.5, 0.6) is 5.75 Å². The molecule has 0 fully saturated rings. The van der Waals surface area contributed by atoms with Crippen LogP contribution < -0.4 is 4.74 Å². The van der Waals surface area contributed by atoms with E-state index in [-0.39, 0.29) is 36.4 Å². The van der Waals surface area contributed by atoms with Gasteiger partial charge >= 0.3 is 5.97 Å². The predicted molar refractivity (Wildman–Crippen MR) is 82.9 cm³/mol. The molecule has 0 unspecified atom stereocenters. The fourth-order valence-electron chi connectivity index (χ4n) is 1.45. The lowest BCUT2D eigenvalue weighted by Gasteiger charge is -2.11. The minimum Gasteiger partial charge on any atom is -0.420 e. The van der Waals surface area contributed by atoms with E-state index < -0.39 is 11.8 Å². The largest absolute Gasteiger partial charge is 0.420 e. The van der Waals surface area contributed by atoms with Crippen molar-refractivity contribution >= 4 is 64.0 Å². The highest BCUT2D eigenvalue weighted by Gasteiger charge is 2.21. The van der Waals surface area contributed by atoms with Crippen molar-refractivity contribution in [2.24, 2.45) is 0 Å². The molecule has 0 saturated carbocycles. The van der Waals surface area contributed by atoms with E-state index in [4.69, 9.17) is 62.7 Å². The van der Waals surface area contributed by atoms with Gasteiger partial charge in [-0.1, -0.05) is 64.1 Å². The van der Waals surface area contributed by atoms with Gasteiger partial charge in [-0.05, 0) is 18.2 Å². The molecule has 0 radical (unpaired) electrons. The van der Waals surface area contributed by atoms with Gasteiger partial charge in [0.25, 0.3) is 0 Å². The highest BCUT2D eigenvalue weighted by molar-refractivity contribution is 6.50. The molecule has 110 valence electrons. The quantitative estimate of drug-likeness (QED) is 0.261. The van der Waals surface area contributed by atoms with Gasteiger partial charge in [0.1, 0.15) is 5.02 Å². The van der Waals surface area contributed by atoms with E-state index in [0.29, 0.717) is 0 Å². The number of ether oxygens (including phenoxy) is 1. The summed E-state index contributed by atoms with van der Waals surface area (Å²) in [4.78, 5) is 12.0. The molecule has 0 saturated heterocycles. The van der Waals surface area contributed by atoms with Crippen LogP contribution >= 0.6 is 58.0 Å². The second-order valence-electron chi connectivity index (χ2n) is 3.79. The second kappa shape index (κ2) is 6.59. The number of esters is 1. The van der Waals surface area contributed by atoms with Gasteiger partial charge in [0.05, 0.1) is 25.7 Å². The molecule has 2 aromatic rings. The second-order valence-corrected chi connectivity index (χ2v) is 5.77. The van der Waals surface area contributed by atoms with Gasteiger partial charge in [-0.2, -0.15) is 0 Å². The number of carbonyl (C=O) groups excluding carboxylic acids is 1. The summed E-state index contributed by atoms with van der Waals surface area (Å²) in [6.45, 7) is 0. The molecule has 0 atom stereocenters. The molecule has 0 bridgehead atoms. The van der Waals surface area contributed by atoms with Gasteiger partial charge in [-0.15, -0.1) is 0 Å². The van der Waals surface area contributed by atoms with Crippen LogP contribution in [0.1, 0.15) is 10.4 Å². The number of rotatable bonds is 2. The Morgan fingerprint density at radius 3 is 2.29 bits per heavy atom. The lowest BCUT2D eigenvalue weighted by Crippen LogP contribution is -2.11. The average molecular weight is 388 g/mol. The Balaban J connectivity index is 2.41. The van der Waals surface area contributed by atoms with Crippen LogP contribution in [0, 0.1) is 5.82 Å². The van der Waals surface area contributed by atoms with Crippen molar-refractivity contribution in [1.29, 1.82) is 0 Å². The van der Waals surface area contributed by atoms with Crippen molar-refractivity contribution in [1.82, 2.24) is 0 Å². The molecule has 2 nitrogen and oxygen atoms in total. The minimum atomic E-state index is -1.02. The van der Waals surface area contributed by atoms with Crippen molar-refractivity contribution in [2.45, 2.75) is 0 Å². The van der Waals surface area contributed by atoms with Crippen LogP contribution in [0.2, 0.25) is 25.1 Å². The van der Waals surface area contributed by atoms with E-state index >= 15 is 0 Å². The molecule has 0 N–H and O–H groups in total. The fourth-order valence-corrected chi connectivity index (χ4v) is 2.61. The smallest absolute Gasteiger partial charge is 0.346 e. The summed E-state index contributed by atoms with van der Waals surface area (Å²) >= 11 is 29.0. The Hall–Kier alpha value is -0.710. The van der Waals surface area contributed by atoms with Crippen LogP contribution in [-0.2, 0) is 0 Å². The maximum atomic E-state index is 13.8. The standard InChI is InChI=1S/C13H4Cl5FO2/c14-6-3-1-2-5(11(6)19)13(20)21-12-8(16)4-7(15)9(17)10(12)18/h1-4H. The van der Waals surface area contributed by atoms with Gasteiger partial charge < -0.3 is 4.74 Å². The number of hydrogen-bond acceptors (Lipinski definition) is 2. The molecule has 8 heteroatoms. The summed E-state index contributed by atoms with van der Waals surface area (Å²) in [7, 11) is 0. The van der Waals surface area contributed by atoms with E-state index in [1.807, 2.05) is 0 Å². The van der Waals surface area contributed by atoms with Crippen LogP contribution in [0.15, 0.2) is 24.3 Å². The number of halogens is 6. The first-order valence-electron chi connectivity index (χ1n) is 5.32. The molecule has 2 rings (SSSR count). The van der Waals surface area contributed by atoms with Crippen LogP contribution in [-0.4, -0.2) is 5.97 Å². The van der Waals surface area contributed by atoms with Crippen molar-refractivity contribution in [2.75, 3.05) is 0 Å². The molecule has 0 heterocycles. The summed E-state index contributed by atoms with van der Waals surface area (Å²) in [5.74, 6) is -2.13. The zero-order valence-electron chi connectivity index (χ0n) is 9.89. The Labute approximate surface area is 144 Å². The Kier molecular flexibility index (Phi) is 5.23. The summed E-state index contributed by atoms with van der Waals surface area (Å²) in [5.41, 5.74) is -0.360. The van der Waals surface area contributed by atoms with E-state index in [1.54, 1.807) is 0 Å². The monoisotopic (exact) mass is 386 g/mol. The summed E-state index contributed by atoms with van der Waals surface area (Å²) in [6, 6.07) is 5.17. The average Bonchev–Trinajstić information content (AvgIpc) is 2.44. The maximum Gasteiger partial charge on any atom is 0.346 e. The maximum absolute atomic E-state index is 13.8. The van der Waals surface area contributed by atoms with Gasteiger partial charge in [0.2, 0.25) is 0 Å². The van der Waals surface area contributed by atoms with Crippen molar-refractivity contribution in [3.05, 3.63) is 60.8 Å². The summed E-state index contributed by atoms with van der Waals surface area (Å²) in [5, 5.41) is -0.330. The normalized spacial score (nSPS) is 10.6. The molecule has 0 aliphatic rings. The van der Waals surface area contributed by atoms with Gasteiger partial charge in [-0.3, -0.25) is 0 Å². The van der Waals surface area contributed by atoms with E-state index in [1.165, 1.54) is 24.3 Å². The van der Waals surface area contributed by atoms with E-state index in [9.17, 15) is 9.18 Å². The molecular formula is C13H4Cl5FO2. The van der Waals surface area contributed by atoms with Crippen LogP contribution in [0.25, 0.3) is 0 Å². The Morgan fingerprint density at radius 2 is 1.62 bits per heavy atom. The molecule has 0 aliphatic heterocycles. The number of hydrogen-bond donors (Lipinski definition) is 0. The first-order chi connectivity index (χ1) is 9.82. The Bertz CT molecular complexity index is 733. The fraction of sp³-hybridized carbons (Fsp3) is 0. The summed E-state index contributed by atoms with van der Waals surface area (Å²) < 4.78 is 18.7. The van der Waals surface area contributed by atoms with E-state index in [0.717, 1.165) is 0 Å². The highest BCUT2D eigenvalue weighted by atomic mass is 35.5.